The summed E-state index contributed by atoms with van der Waals surface area (Å²) in [4.78, 5) is 11.5. The van der Waals surface area contributed by atoms with E-state index in [1.165, 1.54) is 5.57 Å². The van der Waals surface area contributed by atoms with E-state index in [0.717, 1.165) is 19.3 Å². The van der Waals surface area contributed by atoms with Crippen molar-refractivity contribution in [2.75, 3.05) is 0 Å². The molecule has 0 radical (unpaired) electrons. The number of allylic oxidation sites excluding steroid dienone is 2. The van der Waals surface area contributed by atoms with Crippen LogP contribution >= 0.6 is 0 Å². The number of ether oxygens (including phenoxy) is 3. The molecule has 12 nitrogen and oxygen atoms in total. The van der Waals surface area contributed by atoms with Gasteiger partial charge in [0, 0.05) is 0 Å². The van der Waals surface area contributed by atoms with Gasteiger partial charge in [-0.1, -0.05) is 53.2 Å². The normalized spacial score (nSPS) is 48.3. The third-order valence-electron chi connectivity index (χ3n) is 13.7. The molecule has 0 aromatic heterocycles. The van der Waals surface area contributed by atoms with E-state index in [4.69, 9.17) is 18.4 Å². The maximum absolute atomic E-state index is 12.1. The molecule has 2 saturated heterocycles. The molecule has 5 fully saturated rings. The van der Waals surface area contributed by atoms with Crippen LogP contribution in [-0.2, 0) is 33.6 Å². The van der Waals surface area contributed by atoms with Crippen LogP contribution in [0.1, 0.15) is 86.5 Å². The van der Waals surface area contributed by atoms with E-state index in [1.807, 2.05) is 0 Å². The van der Waals surface area contributed by atoms with Crippen molar-refractivity contribution in [3.05, 3.63) is 11.6 Å². The van der Waals surface area contributed by atoms with Crippen LogP contribution in [0.4, 0.5) is 0 Å². The van der Waals surface area contributed by atoms with Gasteiger partial charge in [0.25, 0.3) is 0 Å². The van der Waals surface area contributed by atoms with Gasteiger partial charge in [0.1, 0.15) is 24.4 Å². The van der Waals surface area contributed by atoms with Gasteiger partial charge in [-0.2, -0.15) is 0 Å². The van der Waals surface area contributed by atoms with E-state index in [9.17, 15) is 38.2 Å². The van der Waals surface area contributed by atoms with E-state index in [2.05, 4.69) is 47.6 Å². The van der Waals surface area contributed by atoms with Gasteiger partial charge >= 0.3 is 29.6 Å². The van der Waals surface area contributed by atoms with Crippen molar-refractivity contribution in [3.8, 4) is 0 Å². The van der Waals surface area contributed by atoms with Crippen LogP contribution in [0.5, 0.6) is 0 Å². The van der Waals surface area contributed by atoms with Gasteiger partial charge < -0.3 is 44.0 Å². The number of fused-ring (bicyclic) bond motifs is 5. The number of hydrogen-bond donors (Lipinski definition) is 3. The van der Waals surface area contributed by atoms with Crippen molar-refractivity contribution in [1.82, 2.24) is 0 Å². The molecule has 0 aromatic rings. The second-order valence-corrected chi connectivity index (χ2v) is 17.4. The summed E-state index contributed by atoms with van der Waals surface area (Å²) in [6.45, 7) is 13.6. The molecule has 3 saturated carbocycles. The Kier molecular flexibility index (Phi) is 11.4. The molecule has 12 unspecified atom stereocenters. The topological polar surface area (TPSA) is 198 Å². The molecular weight excluding hydrogens is 655 g/mol. The van der Waals surface area contributed by atoms with Crippen molar-refractivity contribution >= 4 is 16.4 Å². The van der Waals surface area contributed by atoms with E-state index < -0.39 is 70.6 Å². The van der Waals surface area contributed by atoms with E-state index >= 15 is 0 Å². The van der Waals surface area contributed by atoms with E-state index in [0.29, 0.717) is 48.9 Å². The molecule has 0 amide bonds. The Bertz CT molecular complexity index is 1340. The molecule has 14 heteroatoms. The summed E-state index contributed by atoms with van der Waals surface area (Å²) in [6.07, 6.45) is -2.82. The van der Waals surface area contributed by atoms with Crippen molar-refractivity contribution in [3.63, 3.8) is 0 Å². The van der Waals surface area contributed by atoms with Gasteiger partial charge in [-0.15, -0.1) is 0 Å². The SMILES string of the molecule is CC(C)[C@H](C)C1OC1C(C)[C@H]1CCC2C3CC(OS(=O)(=O)[O-])C4C[C@@H](OC5OC(C(=O)[O-])C(O)C(O)C5O)CC[C@]4(C)C3=CC[C@@]21C.[Na+]. The first-order valence-corrected chi connectivity index (χ1v) is 18.8. The summed E-state index contributed by atoms with van der Waals surface area (Å²) in [5.74, 6) is 0.0913. The number of aliphatic carboxylic acids is 1. The standard InChI is InChI=1S/C34H54O12S.Na/c1-15(2)16(3)28-29(44-28)17(4)20-7-8-21-19-14-24(46-47(40,41)42)23-13-18(9-11-34(23,6)22(19)10-12-33(20,21)5)43-32-27(37)25(35)26(36)30(45-32)31(38)39;/h10,15-21,23-30,32,35-37H,7-9,11-14H2,1-6H3,(H,38,39)(H,40,41,42);/q;+1/p-2/t16-,17?,18-,19?,20+,21?,23?,24?,25?,26?,27?,28?,29?,30?,32?,33+,34+;/m0./s1. The summed E-state index contributed by atoms with van der Waals surface area (Å²) in [7, 11) is -5.03. The van der Waals surface area contributed by atoms with Crippen LogP contribution in [0.25, 0.3) is 0 Å². The predicted octanol–water partition coefficient (Wildman–Crippen LogP) is -1.34. The molecule has 2 aliphatic heterocycles. The van der Waals surface area contributed by atoms with Crippen molar-refractivity contribution in [2.24, 2.45) is 52.3 Å². The van der Waals surface area contributed by atoms with Crippen LogP contribution in [-0.4, -0.2) is 89.4 Å². The Hall–Kier alpha value is -0.160. The molecule has 3 N–H and O–H groups in total. The number of carbonyl (C=O) groups is 1. The maximum Gasteiger partial charge on any atom is 1.00 e. The minimum atomic E-state index is -5.03. The monoisotopic (exact) mass is 707 g/mol. The third-order valence-corrected chi connectivity index (χ3v) is 14.2. The largest absolute Gasteiger partial charge is 1.00 e. The number of carboxylic acids is 1. The number of carbonyl (C=O) groups excluding carboxylic acids is 1. The first kappa shape index (κ1) is 39.1. The predicted molar refractivity (Wildman–Crippen MR) is 164 cm³/mol. The molecular formula is C34H52NaO12S-. The fourth-order valence-corrected chi connectivity index (χ4v) is 11.2. The first-order valence-electron chi connectivity index (χ1n) is 17.4. The number of aliphatic hydroxyl groups excluding tert-OH is 3. The Balaban J connectivity index is 0.00000451. The summed E-state index contributed by atoms with van der Waals surface area (Å²) in [5, 5.41) is 42.3. The van der Waals surface area contributed by atoms with Crippen LogP contribution in [0.15, 0.2) is 11.6 Å². The van der Waals surface area contributed by atoms with Crippen molar-refractivity contribution < 1.29 is 86.1 Å². The average Bonchev–Trinajstić information content (AvgIpc) is 3.70. The Morgan fingerprint density at radius 3 is 2.29 bits per heavy atom. The number of epoxide rings is 1. The fourth-order valence-electron chi connectivity index (χ4n) is 10.7. The first-order chi connectivity index (χ1) is 21.9. The van der Waals surface area contributed by atoms with Crippen molar-refractivity contribution in [2.45, 2.75) is 142 Å². The molecule has 2 heterocycles. The zero-order valence-electron chi connectivity index (χ0n) is 29.2. The van der Waals surface area contributed by atoms with Crippen LogP contribution < -0.4 is 34.7 Å². The second-order valence-electron chi connectivity index (χ2n) is 16.3. The second kappa shape index (κ2) is 14.0. The average molecular weight is 708 g/mol. The fraction of sp³-hybridized carbons (Fsp3) is 0.912. The van der Waals surface area contributed by atoms with Gasteiger partial charge in [-0.25, -0.2) is 8.42 Å². The van der Waals surface area contributed by atoms with Gasteiger partial charge in [0.15, 0.2) is 6.29 Å². The van der Waals surface area contributed by atoms with Gasteiger partial charge in [-0.05, 0) is 97.2 Å². The van der Waals surface area contributed by atoms with Gasteiger partial charge in [-0.3, -0.25) is 4.18 Å². The Morgan fingerprint density at radius 2 is 1.67 bits per heavy atom. The molecule has 0 aromatic carbocycles. The van der Waals surface area contributed by atoms with Crippen LogP contribution in [0.3, 0.4) is 0 Å². The number of carboxylic acid groups (broad SMARTS) is 1. The zero-order valence-corrected chi connectivity index (χ0v) is 32.0. The smallest absolute Gasteiger partial charge is 0.726 e. The summed E-state index contributed by atoms with van der Waals surface area (Å²) in [5.41, 5.74) is 0.819. The van der Waals surface area contributed by atoms with Crippen LogP contribution in [0, 0.1) is 52.3 Å². The van der Waals surface area contributed by atoms with Gasteiger partial charge in [0.05, 0.1) is 30.4 Å². The minimum absolute atomic E-state index is 0. The molecule has 17 atom stereocenters. The van der Waals surface area contributed by atoms with Crippen molar-refractivity contribution in [1.29, 1.82) is 0 Å². The minimum Gasteiger partial charge on any atom is -0.726 e. The Morgan fingerprint density at radius 1 is 0.979 bits per heavy atom. The summed E-state index contributed by atoms with van der Waals surface area (Å²) >= 11 is 0. The molecule has 0 spiro atoms. The molecule has 48 heavy (non-hydrogen) atoms. The number of hydrogen-bond acceptors (Lipinski definition) is 12. The summed E-state index contributed by atoms with van der Waals surface area (Å²) in [6, 6.07) is 0. The quantitative estimate of drug-likeness (QED) is 0.0638. The maximum atomic E-state index is 12.1. The van der Waals surface area contributed by atoms with Crippen LogP contribution in [0.2, 0.25) is 0 Å². The number of rotatable bonds is 9. The summed E-state index contributed by atoms with van der Waals surface area (Å²) < 4.78 is 59.2. The molecule has 4 aliphatic carbocycles. The van der Waals surface area contributed by atoms with Gasteiger partial charge in [0.2, 0.25) is 10.4 Å². The zero-order chi connectivity index (χ0) is 34.4. The molecule has 6 aliphatic rings. The molecule has 268 valence electrons. The molecule has 0 bridgehead atoms. The molecule has 6 rings (SSSR count). The van der Waals surface area contributed by atoms with E-state index in [-0.39, 0.29) is 59.5 Å². The Labute approximate surface area is 306 Å². The number of aliphatic hydroxyl groups is 3. The third kappa shape index (κ3) is 6.87. The van der Waals surface area contributed by atoms with E-state index in [1.54, 1.807) is 0 Å².